The lowest BCUT2D eigenvalue weighted by atomic mass is 9.84. The summed E-state index contributed by atoms with van der Waals surface area (Å²) in [6, 6.07) is 0.666. The van der Waals surface area contributed by atoms with Crippen LogP contribution in [-0.2, 0) is 9.53 Å². The summed E-state index contributed by atoms with van der Waals surface area (Å²) < 4.78 is 5.72. The lowest BCUT2D eigenvalue weighted by Gasteiger charge is -2.35. The third-order valence-corrected chi connectivity index (χ3v) is 6.62. The lowest BCUT2D eigenvalue weighted by Crippen LogP contribution is -2.41. The first kappa shape index (κ1) is 20.7. The summed E-state index contributed by atoms with van der Waals surface area (Å²) in [6.07, 6.45) is 7.23. The van der Waals surface area contributed by atoms with Crippen molar-refractivity contribution in [1.29, 1.82) is 0 Å². The van der Waals surface area contributed by atoms with Crippen LogP contribution in [0.15, 0.2) is 0 Å². The Balaban J connectivity index is 1.55. The number of hydrogen-bond acceptors (Lipinski definition) is 3. The van der Waals surface area contributed by atoms with Crippen molar-refractivity contribution in [3.05, 3.63) is 0 Å². The summed E-state index contributed by atoms with van der Waals surface area (Å²) in [7, 11) is 0. The molecule has 2 aliphatic rings. The van der Waals surface area contributed by atoms with Crippen LogP contribution in [0.3, 0.4) is 0 Å². The highest BCUT2D eigenvalue weighted by Crippen LogP contribution is 2.27. The number of rotatable bonds is 8. The zero-order valence-electron chi connectivity index (χ0n) is 17.0. The molecule has 0 aliphatic carbocycles. The number of hydrogen-bond donors (Lipinski definition) is 0. The molecule has 4 nitrogen and oxygen atoms in total. The number of nitrogens with zero attached hydrogens (tertiary/aromatic N) is 2. The third-order valence-electron chi connectivity index (χ3n) is 6.62. The second-order valence-corrected chi connectivity index (χ2v) is 8.52. The molecule has 0 aromatic rings. The second-order valence-electron chi connectivity index (χ2n) is 8.52. The van der Waals surface area contributed by atoms with Gasteiger partial charge in [-0.2, -0.15) is 0 Å². The number of likely N-dealkylation sites (tertiary alicyclic amines) is 2. The summed E-state index contributed by atoms with van der Waals surface area (Å²) in [5.41, 5.74) is 0. The fourth-order valence-corrected chi connectivity index (χ4v) is 4.31. The van der Waals surface area contributed by atoms with Crippen LogP contribution in [0.5, 0.6) is 0 Å². The Morgan fingerprint density at radius 1 is 1.04 bits per heavy atom. The van der Waals surface area contributed by atoms with Crippen LogP contribution < -0.4 is 0 Å². The molecule has 0 bridgehead atoms. The average Bonchev–Trinajstić information content (AvgIpc) is 2.65. The summed E-state index contributed by atoms with van der Waals surface area (Å²) >= 11 is 0. The molecule has 0 saturated carbocycles. The second kappa shape index (κ2) is 10.5. The first-order valence-electron chi connectivity index (χ1n) is 10.6. The molecule has 0 N–H and O–H groups in total. The molecule has 25 heavy (non-hydrogen) atoms. The van der Waals surface area contributed by atoms with E-state index < -0.39 is 0 Å². The van der Waals surface area contributed by atoms with Crippen molar-refractivity contribution in [2.75, 3.05) is 39.4 Å². The van der Waals surface area contributed by atoms with Crippen LogP contribution in [0.25, 0.3) is 0 Å². The van der Waals surface area contributed by atoms with Crippen LogP contribution >= 0.6 is 0 Å². The van der Waals surface area contributed by atoms with Crippen LogP contribution in [0.1, 0.15) is 66.2 Å². The van der Waals surface area contributed by atoms with Gasteiger partial charge in [0.25, 0.3) is 0 Å². The molecule has 0 radical (unpaired) electrons. The fourth-order valence-electron chi connectivity index (χ4n) is 4.31. The maximum Gasteiger partial charge on any atom is 0.248 e. The van der Waals surface area contributed by atoms with Crippen molar-refractivity contribution in [3.8, 4) is 0 Å². The molecule has 0 aromatic carbocycles. The molecule has 1 unspecified atom stereocenters. The summed E-state index contributed by atoms with van der Waals surface area (Å²) in [6.45, 7) is 14.5. The van der Waals surface area contributed by atoms with Crippen molar-refractivity contribution < 1.29 is 9.53 Å². The monoisotopic (exact) mass is 352 g/mol. The number of carbonyl (C=O) groups excluding carboxylic acids is 1. The van der Waals surface area contributed by atoms with Crippen molar-refractivity contribution in [1.82, 2.24) is 9.80 Å². The van der Waals surface area contributed by atoms with Crippen molar-refractivity contribution in [2.24, 2.45) is 17.8 Å². The molecule has 0 aromatic heterocycles. The molecule has 146 valence electrons. The van der Waals surface area contributed by atoms with Gasteiger partial charge in [0.2, 0.25) is 5.91 Å². The quantitative estimate of drug-likeness (QED) is 0.623. The SMILES string of the molecule is CCC(C)C1CCN(C(=O)COCCC2CCN(C(C)C)CC2)CC1. The predicted molar refractivity (Wildman–Crippen MR) is 104 cm³/mol. The summed E-state index contributed by atoms with van der Waals surface area (Å²) in [4.78, 5) is 16.9. The zero-order chi connectivity index (χ0) is 18.2. The zero-order valence-corrected chi connectivity index (χ0v) is 17.0. The van der Waals surface area contributed by atoms with Gasteiger partial charge in [-0.1, -0.05) is 20.3 Å². The van der Waals surface area contributed by atoms with Gasteiger partial charge in [-0.3, -0.25) is 4.79 Å². The first-order chi connectivity index (χ1) is 12.0. The molecule has 1 atom stereocenters. The van der Waals surface area contributed by atoms with Gasteiger partial charge in [-0.25, -0.2) is 0 Å². The van der Waals surface area contributed by atoms with Gasteiger partial charge in [-0.15, -0.1) is 0 Å². The van der Waals surface area contributed by atoms with E-state index in [1.165, 1.54) is 32.4 Å². The van der Waals surface area contributed by atoms with E-state index in [0.29, 0.717) is 6.04 Å². The molecular formula is C21H40N2O2. The maximum absolute atomic E-state index is 12.3. The van der Waals surface area contributed by atoms with Gasteiger partial charge < -0.3 is 14.5 Å². The lowest BCUT2D eigenvalue weighted by molar-refractivity contribution is -0.138. The number of piperidine rings is 2. The fraction of sp³-hybridized carbons (Fsp3) is 0.952. The van der Waals surface area contributed by atoms with Crippen LogP contribution in [0, 0.1) is 17.8 Å². The summed E-state index contributed by atoms with van der Waals surface area (Å²) in [5, 5.41) is 0. The first-order valence-corrected chi connectivity index (χ1v) is 10.6. The predicted octanol–water partition coefficient (Wildman–Crippen LogP) is 3.80. The van der Waals surface area contributed by atoms with E-state index >= 15 is 0 Å². The van der Waals surface area contributed by atoms with Gasteiger partial charge in [-0.05, 0) is 76.8 Å². The Bertz CT molecular complexity index is 383. The van der Waals surface area contributed by atoms with E-state index in [2.05, 4.69) is 32.6 Å². The highest BCUT2D eigenvalue weighted by Gasteiger charge is 2.25. The number of carbonyl (C=O) groups is 1. The van der Waals surface area contributed by atoms with Crippen molar-refractivity contribution in [3.63, 3.8) is 0 Å². The van der Waals surface area contributed by atoms with E-state index in [1.54, 1.807) is 0 Å². The normalized spacial score (nSPS) is 22.5. The minimum atomic E-state index is 0.192. The largest absolute Gasteiger partial charge is 0.372 e. The van der Waals surface area contributed by atoms with E-state index in [1.807, 2.05) is 4.90 Å². The Morgan fingerprint density at radius 2 is 1.68 bits per heavy atom. The van der Waals surface area contributed by atoms with E-state index in [4.69, 9.17) is 4.74 Å². The smallest absolute Gasteiger partial charge is 0.248 e. The van der Waals surface area contributed by atoms with E-state index in [0.717, 1.165) is 56.7 Å². The maximum atomic E-state index is 12.3. The number of ether oxygens (including phenoxy) is 1. The molecule has 2 aliphatic heterocycles. The van der Waals surface area contributed by atoms with Gasteiger partial charge in [0.15, 0.2) is 0 Å². The third kappa shape index (κ3) is 6.56. The van der Waals surface area contributed by atoms with Crippen molar-refractivity contribution in [2.45, 2.75) is 72.3 Å². The Labute approximate surface area is 155 Å². The van der Waals surface area contributed by atoms with Gasteiger partial charge in [0.1, 0.15) is 6.61 Å². The standard InChI is InChI=1S/C21H40N2O2/c1-5-18(4)20-8-13-23(14-9-20)21(24)16-25-15-10-19-6-11-22(12-7-19)17(2)3/h17-20H,5-16H2,1-4H3. The summed E-state index contributed by atoms with van der Waals surface area (Å²) in [5.74, 6) is 2.55. The van der Waals surface area contributed by atoms with Gasteiger partial charge in [0.05, 0.1) is 0 Å². The van der Waals surface area contributed by atoms with Crippen molar-refractivity contribution >= 4 is 5.91 Å². The van der Waals surface area contributed by atoms with Crippen LogP contribution in [0.2, 0.25) is 0 Å². The Hall–Kier alpha value is -0.610. The Morgan fingerprint density at radius 3 is 2.24 bits per heavy atom. The average molecular weight is 353 g/mol. The minimum absolute atomic E-state index is 0.192. The molecule has 2 rings (SSSR count). The Kier molecular flexibility index (Phi) is 8.71. The minimum Gasteiger partial charge on any atom is -0.372 e. The molecule has 1 amide bonds. The highest BCUT2D eigenvalue weighted by molar-refractivity contribution is 5.77. The van der Waals surface area contributed by atoms with E-state index in [-0.39, 0.29) is 12.5 Å². The number of amides is 1. The topological polar surface area (TPSA) is 32.8 Å². The molecular weight excluding hydrogens is 312 g/mol. The van der Waals surface area contributed by atoms with Gasteiger partial charge >= 0.3 is 0 Å². The molecule has 0 spiro atoms. The van der Waals surface area contributed by atoms with Gasteiger partial charge in [0, 0.05) is 25.7 Å². The molecule has 2 fully saturated rings. The molecule has 2 heterocycles. The molecule has 4 heteroatoms. The van der Waals surface area contributed by atoms with Crippen LogP contribution in [-0.4, -0.2) is 61.1 Å². The van der Waals surface area contributed by atoms with E-state index in [9.17, 15) is 4.79 Å². The van der Waals surface area contributed by atoms with Crippen LogP contribution in [0.4, 0.5) is 0 Å². The molecule has 2 saturated heterocycles. The highest BCUT2D eigenvalue weighted by atomic mass is 16.5.